The minimum absolute atomic E-state index is 0.0680. The minimum atomic E-state index is -0.318. The fourth-order valence-corrected chi connectivity index (χ4v) is 2.48. The van der Waals surface area contributed by atoms with Crippen molar-refractivity contribution in [2.24, 2.45) is 0 Å². The second-order valence-corrected chi connectivity index (χ2v) is 6.00. The summed E-state index contributed by atoms with van der Waals surface area (Å²) in [6.45, 7) is 1.75. The third-order valence-electron chi connectivity index (χ3n) is 2.70. The molecule has 0 aliphatic carbocycles. The molecule has 2 aromatic rings. The summed E-state index contributed by atoms with van der Waals surface area (Å²) in [7, 11) is 0. The van der Waals surface area contributed by atoms with Gasteiger partial charge in [0.2, 0.25) is 0 Å². The first-order chi connectivity index (χ1) is 9.47. The highest BCUT2D eigenvalue weighted by atomic mass is 79.9. The smallest absolute Gasteiger partial charge is 0.163 e. The number of carbonyl (C=O) groups excluding carboxylic acids is 1. The third kappa shape index (κ3) is 3.67. The van der Waals surface area contributed by atoms with Crippen LogP contribution in [-0.2, 0) is 6.61 Å². The Bertz CT molecular complexity index is 656. The van der Waals surface area contributed by atoms with Crippen molar-refractivity contribution >= 4 is 37.6 Å². The van der Waals surface area contributed by atoms with E-state index in [0.717, 1.165) is 10.0 Å². The van der Waals surface area contributed by atoms with E-state index in [-0.39, 0.29) is 18.2 Å². The average molecular weight is 402 g/mol. The van der Waals surface area contributed by atoms with Crippen molar-refractivity contribution in [3.05, 3.63) is 62.3 Å². The number of hydrogen-bond donors (Lipinski definition) is 0. The molecule has 0 saturated heterocycles. The Balaban J connectivity index is 2.18. The summed E-state index contributed by atoms with van der Waals surface area (Å²) in [6, 6.07) is 9.93. The molecule has 0 unspecified atom stereocenters. The van der Waals surface area contributed by atoms with Crippen molar-refractivity contribution < 1.29 is 13.9 Å². The fraction of sp³-hybridized carbons (Fsp3) is 0.133. The number of rotatable bonds is 4. The van der Waals surface area contributed by atoms with E-state index >= 15 is 0 Å². The third-order valence-corrected chi connectivity index (χ3v) is 3.80. The van der Waals surface area contributed by atoms with Crippen molar-refractivity contribution in [1.29, 1.82) is 0 Å². The van der Waals surface area contributed by atoms with Crippen LogP contribution >= 0.6 is 31.9 Å². The van der Waals surface area contributed by atoms with Crippen LogP contribution in [0.4, 0.5) is 4.39 Å². The van der Waals surface area contributed by atoms with Gasteiger partial charge in [-0.25, -0.2) is 4.39 Å². The maximum atomic E-state index is 13.1. The van der Waals surface area contributed by atoms with Gasteiger partial charge < -0.3 is 4.74 Å². The van der Waals surface area contributed by atoms with Crippen LogP contribution in [0.25, 0.3) is 0 Å². The normalized spacial score (nSPS) is 10.4. The minimum Gasteiger partial charge on any atom is -0.488 e. The predicted molar refractivity (Wildman–Crippen MR) is 82.6 cm³/mol. The molecule has 0 aromatic heterocycles. The van der Waals surface area contributed by atoms with Gasteiger partial charge in [0.1, 0.15) is 18.2 Å². The molecule has 2 aromatic carbocycles. The number of ketones is 1. The van der Waals surface area contributed by atoms with Gasteiger partial charge in [0.05, 0.1) is 10.0 Å². The van der Waals surface area contributed by atoms with Gasteiger partial charge in [-0.05, 0) is 58.7 Å². The van der Waals surface area contributed by atoms with Crippen LogP contribution in [-0.4, -0.2) is 5.78 Å². The molecule has 0 amide bonds. The van der Waals surface area contributed by atoms with Gasteiger partial charge >= 0.3 is 0 Å². The van der Waals surface area contributed by atoms with Crippen molar-refractivity contribution in [1.82, 2.24) is 0 Å². The summed E-state index contributed by atoms with van der Waals surface area (Å²) in [5.74, 6) is 0.129. The SMILES string of the molecule is CC(=O)c1cc(Br)ccc1OCc1ccc(F)c(Br)c1. The summed E-state index contributed by atoms with van der Waals surface area (Å²) in [4.78, 5) is 11.6. The summed E-state index contributed by atoms with van der Waals surface area (Å²) in [5, 5.41) is 0. The van der Waals surface area contributed by atoms with Crippen LogP contribution in [0.15, 0.2) is 45.3 Å². The number of carbonyl (C=O) groups is 1. The van der Waals surface area contributed by atoms with E-state index in [1.807, 2.05) is 6.07 Å². The van der Waals surface area contributed by atoms with Gasteiger partial charge in [-0.3, -0.25) is 4.79 Å². The monoisotopic (exact) mass is 400 g/mol. The average Bonchev–Trinajstić information content (AvgIpc) is 2.41. The summed E-state index contributed by atoms with van der Waals surface area (Å²) in [5.41, 5.74) is 1.33. The highest BCUT2D eigenvalue weighted by Crippen LogP contribution is 2.25. The van der Waals surface area contributed by atoms with E-state index in [4.69, 9.17) is 4.74 Å². The zero-order valence-electron chi connectivity index (χ0n) is 10.6. The van der Waals surface area contributed by atoms with E-state index in [0.29, 0.717) is 15.8 Å². The second-order valence-electron chi connectivity index (χ2n) is 4.23. The standard InChI is InChI=1S/C15H11Br2FO2/c1-9(19)12-7-11(16)3-5-15(12)20-8-10-2-4-14(18)13(17)6-10/h2-7H,8H2,1H3. The van der Waals surface area contributed by atoms with Crippen molar-refractivity contribution in [3.63, 3.8) is 0 Å². The van der Waals surface area contributed by atoms with Gasteiger partial charge in [-0.15, -0.1) is 0 Å². The second kappa shape index (κ2) is 6.50. The number of hydrogen-bond acceptors (Lipinski definition) is 2. The lowest BCUT2D eigenvalue weighted by Gasteiger charge is -2.10. The molecule has 0 radical (unpaired) electrons. The molecule has 2 nitrogen and oxygen atoms in total. The quantitative estimate of drug-likeness (QED) is 0.663. The lowest BCUT2D eigenvalue weighted by atomic mass is 10.1. The van der Waals surface area contributed by atoms with Crippen molar-refractivity contribution in [3.8, 4) is 5.75 Å². The Morgan fingerprint density at radius 1 is 1.20 bits per heavy atom. The van der Waals surface area contributed by atoms with Gasteiger partial charge in [0.25, 0.3) is 0 Å². The molecule has 0 bridgehead atoms. The van der Waals surface area contributed by atoms with E-state index in [1.54, 1.807) is 24.3 Å². The number of halogens is 3. The molecule has 0 saturated carbocycles. The largest absolute Gasteiger partial charge is 0.488 e. The first kappa shape index (κ1) is 15.2. The molecule has 2 rings (SSSR count). The lowest BCUT2D eigenvalue weighted by molar-refractivity contribution is 0.101. The van der Waals surface area contributed by atoms with E-state index < -0.39 is 0 Å². The molecule has 0 fully saturated rings. The highest BCUT2D eigenvalue weighted by molar-refractivity contribution is 9.10. The maximum absolute atomic E-state index is 13.1. The maximum Gasteiger partial charge on any atom is 0.163 e. The molecule has 0 heterocycles. The molecule has 0 spiro atoms. The molecule has 5 heteroatoms. The highest BCUT2D eigenvalue weighted by Gasteiger charge is 2.10. The van der Waals surface area contributed by atoms with Gasteiger partial charge in [0.15, 0.2) is 5.78 Å². The van der Waals surface area contributed by atoms with E-state index in [1.165, 1.54) is 13.0 Å². The zero-order valence-corrected chi connectivity index (χ0v) is 13.8. The van der Waals surface area contributed by atoms with Gasteiger partial charge in [0, 0.05) is 4.47 Å². The Morgan fingerprint density at radius 2 is 1.95 bits per heavy atom. The summed E-state index contributed by atoms with van der Waals surface area (Å²) >= 11 is 6.45. The molecule has 104 valence electrons. The molecule has 0 aliphatic rings. The molecule has 0 N–H and O–H groups in total. The number of ether oxygens (including phenoxy) is 1. The van der Waals surface area contributed by atoms with Crippen molar-refractivity contribution in [2.45, 2.75) is 13.5 Å². The van der Waals surface area contributed by atoms with Crippen LogP contribution in [0, 0.1) is 5.82 Å². The Labute approximate surface area is 133 Å². The first-order valence-electron chi connectivity index (χ1n) is 5.84. The topological polar surface area (TPSA) is 26.3 Å². The molecule has 0 atom stereocenters. The molecule has 20 heavy (non-hydrogen) atoms. The predicted octanol–water partition coefficient (Wildman–Crippen LogP) is 5.13. The fourth-order valence-electron chi connectivity index (χ4n) is 1.69. The first-order valence-corrected chi connectivity index (χ1v) is 7.43. The summed E-state index contributed by atoms with van der Waals surface area (Å²) in [6.07, 6.45) is 0. The Hall–Kier alpha value is -1.20. The number of benzene rings is 2. The van der Waals surface area contributed by atoms with Crippen LogP contribution < -0.4 is 4.74 Å². The van der Waals surface area contributed by atoms with E-state index in [2.05, 4.69) is 31.9 Å². The Morgan fingerprint density at radius 3 is 2.60 bits per heavy atom. The molecule has 0 aliphatic heterocycles. The van der Waals surface area contributed by atoms with Crippen LogP contribution in [0.1, 0.15) is 22.8 Å². The number of Topliss-reactive ketones (excluding diaryl/α,β-unsaturated/α-hetero) is 1. The summed E-state index contributed by atoms with van der Waals surface area (Å²) < 4.78 is 20.0. The van der Waals surface area contributed by atoms with Crippen molar-refractivity contribution in [2.75, 3.05) is 0 Å². The van der Waals surface area contributed by atoms with Crippen LogP contribution in [0.3, 0.4) is 0 Å². The molecular weight excluding hydrogens is 391 g/mol. The zero-order chi connectivity index (χ0) is 14.7. The van der Waals surface area contributed by atoms with E-state index in [9.17, 15) is 9.18 Å². The molecular formula is C15H11Br2FO2. The lowest BCUT2D eigenvalue weighted by Crippen LogP contribution is -2.02. The Kier molecular flexibility index (Phi) is 4.94. The van der Waals surface area contributed by atoms with Crippen LogP contribution in [0.2, 0.25) is 0 Å². The van der Waals surface area contributed by atoms with Gasteiger partial charge in [-0.1, -0.05) is 22.0 Å². The van der Waals surface area contributed by atoms with Crippen LogP contribution in [0.5, 0.6) is 5.75 Å². The van der Waals surface area contributed by atoms with Gasteiger partial charge in [-0.2, -0.15) is 0 Å².